The van der Waals surface area contributed by atoms with Crippen molar-refractivity contribution in [2.45, 2.75) is 12.8 Å². The van der Waals surface area contributed by atoms with Gasteiger partial charge in [-0.2, -0.15) is 5.10 Å². The van der Waals surface area contributed by atoms with Gasteiger partial charge in [-0.25, -0.2) is 4.98 Å². The number of nitrogens with zero attached hydrogens (tertiary/aromatic N) is 3. The fourth-order valence-corrected chi connectivity index (χ4v) is 1.77. The highest BCUT2D eigenvalue weighted by Crippen LogP contribution is 2.22. The quantitative estimate of drug-likeness (QED) is 0.891. The molecule has 6 heteroatoms. The van der Waals surface area contributed by atoms with Crippen LogP contribution in [0.1, 0.15) is 12.2 Å². The molecule has 16 heavy (non-hydrogen) atoms. The number of H-pyrrole nitrogens is 1. The molecule has 2 aromatic heterocycles. The Morgan fingerprint density at radius 3 is 3.06 bits per heavy atom. The topological polar surface area (TPSA) is 80.5 Å². The molecule has 0 aliphatic carbocycles. The number of aromatic nitrogens is 4. The third-order valence-electron chi connectivity index (χ3n) is 2.12. The monoisotopic (exact) mass is 281 g/mol. The molecule has 2 rings (SSSR count). The van der Waals surface area contributed by atoms with Crippen LogP contribution < -0.4 is 5.73 Å². The smallest absolute Gasteiger partial charge is 0.200 e. The van der Waals surface area contributed by atoms with Gasteiger partial charge in [-0.15, -0.1) is 0 Å². The minimum atomic E-state index is 0.611. The van der Waals surface area contributed by atoms with E-state index in [-0.39, 0.29) is 0 Å². The summed E-state index contributed by atoms with van der Waals surface area (Å²) in [5.74, 6) is 1.46. The number of nitrogens with one attached hydrogen (secondary N) is 1. The summed E-state index contributed by atoms with van der Waals surface area (Å²) in [7, 11) is 0. The second kappa shape index (κ2) is 5.18. The highest BCUT2D eigenvalue weighted by atomic mass is 79.9. The summed E-state index contributed by atoms with van der Waals surface area (Å²) in [6.07, 6.45) is 3.43. The molecule has 2 aromatic rings. The Balaban J connectivity index is 2.22. The van der Waals surface area contributed by atoms with Crippen LogP contribution in [0.3, 0.4) is 0 Å². The minimum Gasteiger partial charge on any atom is -0.330 e. The molecule has 0 unspecified atom stereocenters. The molecule has 0 aliphatic heterocycles. The summed E-state index contributed by atoms with van der Waals surface area (Å²) in [5.41, 5.74) is 6.18. The molecule has 5 nitrogen and oxygen atoms in total. The third kappa shape index (κ3) is 2.45. The van der Waals surface area contributed by atoms with E-state index in [0.29, 0.717) is 12.4 Å². The van der Waals surface area contributed by atoms with Crippen LogP contribution in [-0.2, 0) is 6.42 Å². The average Bonchev–Trinajstić information content (AvgIpc) is 2.75. The minimum absolute atomic E-state index is 0.611. The van der Waals surface area contributed by atoms with Crippen molar-refractivity contribution in [3.8, 4) is 11.5 Å². The van der Waals surface area contributed by atoms with Crippen LogP contribution in [0.4, 0.5) is 0 Å². The third-order valence-corrected chi connectivity index (χ3v) is 2.76. The largest absolute Gasteiger partial charge is 0.330 e. The summed E-state index contributed by atoms with van der Waals surface area (Å²) < 4.78 is 0.888. The molecule has 0 aromatic carbocycles. The van der Waals surface area contributed by atoms with Crippen LogP contribution in [-0.4, -0.2) is 26.7 Å². The van der Waals surface area contributed by atoms with Crippen molar-refractivity contribution in [2.75, 3.05) is 6.54 Å². The summed E-state index contributed by atoms with van der Waals surface area (Å²) in [5, 5.41) is 7.02. The Morgan fingerprint density at radius 2 is 2.31 bits per heavy atom. The molecular formula is C10H12BrN5. The van der Waals surface area contributed by atoms with Crippen LogP contribution in [0, 0.1) is 0 Å². The molecule has 0 aliphatic rings. The van der Waals surface area contributed by atoms with E-state index >= 15 is 0 Å². The highest BCUT2D eigenvalue weighted by molar-refractivity contribution is 9.10. The molecule has 84 valence electrons. The van der Waals surface area contributed by atoms with Gasteiger partial charge in [0.15, 0.2) is 0 Å². The van der Waals surface area contributed by atoms with Crippen molar-refractivity contribution < 1.29 is 0 Å². The number of nitrogens with two attached hydrogens (primary N) is 1. The van der Waals surface area contributed by atoms with Gasteiger partial charge in [-0.1, -0.05) is 0 Å². The lowest BCUT2D eigenvalue weighted by Gasteiger charge is -1.96. The van der Waals surface area contributed by atoms with Gasteiger partial charge >= 0.3 is 0 Å². The lowest BCUT2D eigenvalue weighted by molar-refractivity contribution is 0.785. The second-order valence-electron chi connectivity index (χ2n) is 3.33. The Labute approximate surface area is 102 Å². The van der Waals surface area contributed by atoms with Crippen molar-refractivity contribution in [2.24, 2.45) is 5.73 Å². The van der Waals surface area contributed by atoms with E-state index in [1.165, 1.54) is 0 Å². The average molecular weight is 282 g/mol. The summed E-state index contributed by atoms with van der Waals surface area (Å²) in [6.45, 7) is 0.656. The Bertz CT molecular complexity index is 468. The maximum atomic E-state index is 5.44. The van der Waals surface area contributed by atoms with Gasteiger partial charge < -0.3 is 5.73 Å². The molecule has 0 bridgehead atoms. The van der Waals surface area contributed by atoms with Gasteiger partial charge in [0.05, 0.1) is 0 Å². The number of aryl methyl sites for hydroxylation is 1. The zero-order valence-electron chi connectivity index (χ0n) is 8.65. The SMILES string of the molecule is NCCCc1nc(-c2ncccc2Br)n[nH]1. The summed E-state index contributed by atoms with van der Waals surface area (Å²) >= 11 is 3.42. The molecule has 0 amide bonds. The number of halogens is 1. The first-order valence-electron chi connectivity index (χ1n) is 5.03. The molecule has 0 saturated heterocycles. The molecule has 0 atom stereocenters. The van der Waals surface area contributed by atoms with Crippen LogP contribution in [0.15, 0.2) is 22.8 Å². The van der Waals surface area contributed by atoms with E-state index in [1.54, 1.807) is 6.20 Å². The van der Waals surface area contributed by atoms with Crippen LogP contribution in [0.5, 0.6) is 0 Å². The molecule has 3 N–H and O–H groups in total. The lowest BCUT2D eigenvalue weighted by Crippen LogP contribution is -2.01. The Morgan fingerprint density at radius 1 is 1.44 bits per heavy atom. The Hall–Kier alpha value is -1.27. The van der Waals surface area contributed by atoms with E-state index in [9.17, 15) is 0 Å². The molecule has 0 spiro atoms. The lowest BCUT2D eigenvalue weighted by atomic mass is 10.3. The molecule has 0 radical (unpaired) electrons. The van der Waals surface area contributed by atoms with E-state index in [4.69, 9.17) is 5.73 Å². The first-order valence-corrected chi connectivity index (χ1v) is 5.83. The maximum Gasteiger partial charge on any atom is 0.200 e. The summed E-state index contributed by atoms with van der Waals surface area (Å²) in [4.78, 5) is 8.59. The number of hydrogen-bond donors (Lipinski definition) is 2. The van der Waals surface area contributed by atoms with Crippen LogP contribution >= 0.6 is 15.9 Å². The molecule has 0 saturated carbocycles. The number of rotatable bonds is 4. The fourth-order valence-electron chi connectivity index (χ4n) is 1.33. The van der Waals surface area contributed by atoms with E-state index in [2.05, 4.69) is 36.1 Å². The highest BCUT2D eigenvalue weighted by Gasteiger charge is 2.09. The predicted molar refractivity (Wildman–Crippen MR) is 64.7 cm³/mol. The first kappa shape index (κ1) is 11.2. The summed E-state index contributed by atoms with van der Waals surface area (Å²) in [6, 6.07) is 3.77. The van der Waals surface area contributed by atoms with E-state index in [0.717, 1.165) is 28.8 Å². The van der Waals surface area contributed by atoms with Gasteiger partial charge in [0.25, 0.3) is 0 Å². The second-order valence-corrected chi connectivity index (χ2v) is 4.19. The van der Waals surface area contributed by atoms with E-state index < -0.39 is 0 Å². The first-order chi connectivity index (χ1) is 7.81. The van der Waals surface area contributed by atoms with Gasteiger partial charge in [-0.3, -0.25) is 10.1 Å². The van der Waals surface area contributed by atoms with Crippen molar-refractivity contribution in [3.05, 3.63) is 28.6 Å². The molecular weight excluding hydrogens is 270 g/mol. The van der Waals surface area contributed by atoms with Crippen LogP contribution in [0.25, 0.3) is 11.5 Å². The molecule has 0 fully saturated rings. The zero-order chi connectivity index (χ0) is 11.4. The molecule has 2 heterocycles. The number of hydrogen-bond acceptors (Lipinski definition) is 4. The zero-order valence-corrected chi connectivity index (χ0v) is 10.2. The van der Waals surface area contributed by atoms with Crippen molar-refractivity contribution in [3.63, 3.8) is 0 Å². The van der Waals surface area contributed by atoms with Gasteiger partial charge in [0, 0.05) is 17.1 Å². The van der Waals surface area contributed by atoms with Gasteiger partial charge in [0.2, 0.25) is 5.82 Å². The van der Waals surface area contributed by atoms with Crippen molar-refractivity contribution in [1.82, 2.24) is 20.2 Å². The number of pyridine rings is 1. The fraction of sp³-hybridized carbons (Fsp3) is 0.300. The standard InChI is InChI=1S/C10H12BrN5/c11-7-3-2-6-13-9(7)10-14-8(15-16-10)4-1-5-12/h2-3,6H,1,4-5,12H2,(H,14,15,16). The predicted octanol–water partition coefficient (Wildman–Crippen LogP) is 1.52. The van der Waals surface area contributed by atoms with Gasteiger partial charge in [-0.05, 0) is 41.0 Å². The number of aromatic amines is 1. The van der Waals surface area contributed by atoms with Crippen LogP contribution in [0.2, 0.25) is 0 Å². The van der Waals surface area contributed by atoms with Crippen molar-refractivity contribution >= 4 is 15.9 Å². The normalized spacial score (nSPS) is 10.6. The van der Waals surface area contributed by atoms with E-state index in [1.807, 2.05) is 12.1 Å². The van der Waals surface area contributed by atoms with Crippen molar-refractivity contribution in [1.29, 1.82) is 0 Å². The van der Waals surface area contributed by atoms with Gasteiger partial charge in [0.1, 0.15) is 11.5 Å². The maximum absolute atomic E-state index is 5.44. The Kier molecular flexibility index (Phi) is 3.63.